The number of ether oxygens (including phenoxy) is 2. The van der Waals surface area contributed by atoms with E-state index in [1.54, 1.807) is 0 Å². The molecule has 2 aliphatic heterocycles. The Bertz CT molecular complexity index is 1080. The van der Waals surface area contributed by atoms with Gasteiger partial charge in [-0.25, -0.2) is 22.8 Å². The van der Waals surface area contributed by atoms with Crippen molar-refractivity contribution < 1.29 is 37.4 Å². The minimum absolute atomic E-state index is 0.00711. The van der Waals surface area contributed by atoms with Crippen LogP contribution in [0.25, 0.3) is 0 Å². The van der Waals surface area contributed by atoms with E-state index in [4.69, 9.17) is 0 Å². The Hall–Kier alpha value is -3.04. The highest BCUT2D eigenvalue weighted by Crippen LogP contribution is 2.33. The molecule has 2 aromatic rings. The van der Waals surface area contributed by atoms with Crippen LogP contribution in [0, 0.1) is 0 Å². The molecule has 0 aromatic heterocycles. The summed E-state index contributed by atoms with van der Waals surface area (Å²) in [6.45, 7) is 0. The number of hydrogen-bond donors (Lipinski definition) is 1. The lowest BCUT2D eigenvalue weighted by Gasteiger charge is -2.07. The molecular weight excluding hydrogens is 352 g/mol. The van der Waals surface area contributed by atoms with E-state index in [1.807, 2.05) is 0 Å². The number of cyclic esters (lactones) is 3. The van der Waals surface area contributed by atoms with Gasteiger partial charge in [-0.3, -0.25) is 0 Å². The molecule has 0 radical (unpaired) electrons. The zero-order valence-electron chi connectivity index (χ0n) is 12.3. The summed E-state index contributed by atoms with van der Waals surface area (Å²) in [5.74, 6) is -2.49. The normalized spacial score (nSPS) is 18.6. The van der Waals surface area contributed by atoms with Crippen molar-refractivity contribution in [1.29, 1.82) is 0 Å². The lowest BCUT2D eigenvalue weighted by molar-refractivity contribution is -0.0548. The van der Waals surface area contributed by atoms with Crippen molar-refractivity contribution in [2.45, 2.75) is 16.1 Å². The Kier molecular flexibility index (Phi) is 3.08. The van der Waals surface area contributed by atoms with E-state index in [9.17, 15) is 27.9 Å². The molecule has 4 rings (SSSR count). The van der Waals surface area contributed by atoms with Crippen LogP contribution in [-0.4, -0.2) is 31.4 Å². The molecular formula is C16H8O8S. The van der Waals surface area contributed by atoms with Crippen LogP contribution in [-0.2, 0) is 19.3 Å². The maximum atomic E-state index is 12.8. The van der Waals surface area contributed by atoms with Crippen LogP contribution in [0.3, 0.4) is 0 Å². The number of rotatable bonds is 2. The first kappa shape index (κ1) is 15.5. The van der Waals surface area contributed by atoms with Crippen molar-refractivity contribution in [1.82, 2.24) is 0 Å². The highest BCUT2D eigenvalue weighted by Gasteiger charge is 2.34. The molecule has 1 atom stereocenters. The van der Waals surface area contributed by atoms with Gasteiger partial charge in [-0.05, 0) is 36.4 Å². The molecule has 1 N–H and O–H groups in total. The fourth-order valence-corrected chi connectivity index (χ4v) is 4.02. The second kappa shape index (κ2) is 4.98. The molecule has 0 bridgehead atoms. The van der Waals surface area contributed by atoms with E-state index in [0.717, 1.165) is 12.1 Å². The Morgan fingerprint density at radius 3 is 2.12 bits per heavy atom. The molecule has 9 heteroatoms. The van der Waals surface area contributed by atoms with Crippen molar-refractivity contribution in [3.63, 3.8) is 0 Å². The first-order valence-corrected chi connectivity index (χ1v) is 8.46. The topological polar surface area (TPSA) is 124 Å². The number of aliphatic hydroxyl groups is 1. The summed E-state index contributed by atoms with van der Waals surface area (Å²) in [6.07, 6.45) is -1.54. The molecule has 2 aliphatic rings. The Balaban J connectivity index is 1.83. The number of esters is 3. The largest absolute Gasteiger partial charge is 0.428 e. The smallest absolute Gasteiger partial charge is 0.346 e. The zero-order valence-corrected chi connectivity index (χ0v) is 13.1. The number of carbonyl (C=O) groups is 3. The van der Waals surface area contributed by atoms with Crippen LogP contribution >= 0.6 is 0 Å². The highest BCUT2D eigenvalue weighted by atomic mass is 32.2. The summed E-state index contributed by atoms with van der Waals surface area (Å²) in [5, 5.41) is 9.67. The molecule has 8 nitrogen and oxygen atoms in total. The van der Waals surface area contributed by atoms with Gasteiger partial charge in [0, 0.05) is 5.56 Å². The van der Waals surface area contributed by atoms with Crippen molar-refractivity contribution in [2.75, 3.05) is 0 Å². The molecule has 0 saturated heterocycles. The first-order valence-electron chi connectivity index (χ1n) is 6.97. The maximum absolute atomic E-state index is 12.8. The van der Waals surface area contributed by atoms with Gasteiger partial charge in [-0.1, -0.05) is 0 Å². The Labute approximate surface area is 140 Å². The van der Waals surface area contributed by atoms with Gasteiger partial charge >= 0.3 is 17.9 Å². The second-order valence-electron chi connectivity index (χ2n) is 5.39. The van der Waals surface area contributed by atoms with Crippen molar-refractivity contribution >= 4 is 27.7 Å². The molecule has 25 heavy (non-hydrogen) atoms. The summed E-state index contributed by atoms with van der Waals surface area (Å²) in [5.41, 5.74) is -0.0190. The average Bonchev–Trinajstić information content (AvgIpc) is 3.03. The Morgan fingerprint density at radius 2 is 1.40 bits per heavy atom. The van der Waals surface area contributed by atoms with E-state index in [2.05, 4.69) is 9.47 Å². The molecule has 2 heterocycles. The van der Waals surface area contributed by atoms with E-state index >= 15 is 0 Å². The molecule has 126 valence electrons. The van der Waals surface area contributed by atoms with Gasteiger partial charge in [-0.2, -0.15) is 0 Å². The van der Waals surface area contributed by atoms with Crippen LogP contribution in [0.15, 0.2) is 46.2 Å². The third-order valence-corrected chi connectivity index (χ3v) is 5.71. The summed E-state index contributed by atoms with van der Waals surface area (Å²) < 4.78 is 34.6. The van der Waals surface area contributed by atoms with Crippen molar-refractivity contribution in [2.24, 2.45) is 0 Å². The van der Waals surface area contributed by atoms with Gasteiger partial charge in [0.2, 0.25) is 16.1 Å². The third-order valence-electron chi connectivity index (χ3n) is 3.96. The average molecular weight is 360 g/mol. The monoisotopic (exact) mass is 360 g/mol. The fourth-order valence-electron chi connectivity index (χ4n) is 2.69. The zero-order chi connectivity index (χ0) is 17.9. The van der Waals surface area contributed by atoms with E-state index in [1.165, 1.54) is 24.3 Å². The maximum Gasteiger partial charge on any atom is 0.346 e. The van der Waals surface area contributed by atoms with E-state index in [0.29, 0.717) is 0 Å². The Morgan fingerprint density at radius 1 is 0.800 bits per heavy atom. The number of aliphatic hydroxyl groups excluding tert-OH is 1. The summed E-state index contributed by atoms with van der Waals surface area (Å²) in [7, 11) is -4.06. The molecule has 0 saturated carbocycles. The minimum atomic E-state index is -4.06. The van der Waals surface area contributed by atoms with E-state index < -0.39 is 34.0 Å². The summed E-state index contributed by atoms with van der Waals surface area (Å²) in [4.78, 5) is 34.1. The third kappa shape index (κ3) is 2.17. The number of fused-ring (bicyclic) bond motifs is 2. The second-order valence-corrected chi connectivity index (χ2v) is 7.34. The van der Waals surface area contributed by atoms with Crippen LogP contribution in [0.5, 0.6) is 0 Å². The number of benzene rings is 2. The lowest BCUT2D eigenvalue weighted by Crippen LogP contribution is -2.05. The predicted molar refractivity (Wildman–Crippen MR) is 78.5 cm³/mol. The van der Waals surface area contributed by atoms with Gasteiger partial charge < -0.3 is 14.6 Å². The summed E-state index contributed by atoms with van der Waals surface area (Å²) >= 11 is 0. The van der Waals surface area contributed by atoms with Crippen LogP contribution in [0.4, 0.5) is 0 Å². The lowest BCUT2D eigenvalue weighted by atomic mass is 10.1. The van der Waals surface area contributed by atoms with Gasteiger partial charge in [0.1, 0.15) is 0 Å². The molecule has 0 aliphatic carbocycles. The quantitative estimate of drug-likeness (QED) is 0.621. The van der Waals surface area contributed by atoms with Gasteiger partial charge in [0.15, 0.2) is 0 Å². The van der Waals surface area contributed by atoms with Crippen molar-refractivity contribution in [3.05, 3.63) is 58.7 Å². The standard InChI is InChI=1S/C16H8O8S/c17-13-9-3-1-7(5-11(9)15(19)23-13)25(21,22)8-2-4-10-12(6-8)16(20)24-14(10)18/h1-6,15,19H. The molecule has 0 fully saturated rings. The minimum Gasteiger partial charge on any atom is -0.428 e. The number of hydrogen-bond acceptors (Lipinski definition) is 8. The highest BCUT2D eigenvalue weighted by molar-refractivity contribution is 7.91. The molecule has 0 amide bonds. The van der Waals surface area contributed by atoms with Gasteiger partial charge in [0.05, 0.1) is 26.5 Å². The fraction of sp³-hybridized carbons (Fsp3) is 0.0625. The molecule has 0 spiro atoms. The van der Waals surface area contributed by atoms with Crippen LogP contribution in [0.1, 0.15) is 42.9 Å². The predicted octanol–water partition coefficient (Wildman–Crippen LogP) is 0.991. The number of carbonyl (C=O) groups excluding carboxylic acids is 3. The molecule has 1 unspecified atom stereocenters. The first-order chi connectivity index (χ1) is 11.8. The van der Waals surface area contributed by atoms with Gasteiger partial charge in [0.25, 0.3) is 0 Å². The SMILES string of the molecule is O=C1OC(=O)c2cc(S(=O)(=O)c3ccc4c(c3)C(O)OC4=O)ccc21. The van der Waals surface area contributed by atoms with Gasteiger partial charge in [-0.15, -0.1) is 0 Å². The van der Waals surface area contributed by atoms with E-state index in [-0.39, 0.29) is 32.0 Å². The van der Waals surface area contributed by atoms with Crippen LogP contribution in [0.2, 0.25) is 0 Å². The molecule has 2 aromatic carbocycles. The van der Waals surface area contributed by atoms with Crippen LogP contribution < -0.4 is 0 Å². The summed E-state index contributed by atoms with van der Waals surface area (Å²) in [6, 6.07) is 7.01. The van der Waals surface area contributed by atoms with Crippen molar-refractivity contribution in [3.8, 4) is 0 Å². The number of sulfone groups is 1.